The van der Waals surface area contributed by atoms with Gasteiger partial charge in [-0.25, -0.2) is 8.42 Å². The molecule has 0 N–H and O–H groups in total. The highest BCUT2D eigenvalue weighted by atomic mass is 35.5. The van der Waals surface area contributed by atoms with Crippen LogP contribution in [0.4, 0.5) is 0 Å². The summed E-state index contributed by atoms with van der Waals surface area (Å²) in [7, 11) is -2.09. The molecule has 0 unspecified atom stereocenters. The van der Waals surface area contributed by atoms with Crippen molar-refractivity contribution < 1.29 is 13.2 Å². The van der Waals surface area contributed by atoms with Crippen molar-refractivity contribution >= 4 is 21.4 Å². The first-order valence-corrected chi connectivity index (χ1v) is 8.57. The van der Waals surface area contributed by atoms with Crippen molar-refractivity contribution in [2.45, 2.75) is 31.1 Å². The summed E-state index contributed by atoms with van der Waals surface area (Å²) in [4.78, 5) is 0.316. The second kappa shape index (κ2) is 8.89. The molecular weight excluding hydrogens is 308 g/mol. The summed E-state index contributed by atoms with van der Waals surface area (Å²) in [5.74, 6) is 5.40. The Morgan fingerprint density at radius 3 is 2.57 bits per heavy atom. The molecule has 114 valence electrons. The van der Waals surface area contributed by atoms with Crippen LogP contribution < -0.4 is 0 Å². The molecule has 0 aliphatic carbocycles. The van der Waals surface area contributed by atoms with Crippen LogP contribution in [0.15, 0.2) is 40.1 Å². The fourth-order valence-corrected chi connectivity index (χ4v) is 3.02. The van der Waals surface area contributed by atoms with Crippen LogP contribution in [0.2, 0.25) is 5.02 Å². The molecule has 0 atom stereocenters. The molecule has 0 aromatic heterocycles. The molecule has 0 saturated carbocycles. The molecule has 0 aliphatic heterocycles. The van der Waals surface area contributed by atoms with Gasteiger partial charge in [0.2, 0.25) is 9.84 Å². The van der Waals surface area contributed by atoms with Gasteiger partial charge in [-0.15, -0.1) is 0 Å². The van der Waals surface area contributed by atoms with Crippen molar-refractivity contribution in [3.8, 4) is 11.8 Å². The number of unbranched alkanes of at least 4 members (excludes halogenated alkanes) is 2. The maximum atomic E-state index is 12.6. The van der Waals surface area contributed by atoms with Gasteiger partial charge in [0, 0.05) is 12.1 Å². The van der Waals surface area contributed by atoms with Gasteiger partial charge in [-0.1, -0.05) is 49.3 Å². The zero-order valence-corrected chi connectivity index (χ0v) is 13.8. The lowest BCUT2D eigenvalue weighted by Crippen LogP contribution is -2.04. The fraction of sp³-hybridized carbons (Fsp3) is 0.375. The molecule has 0 fully saturated rings. The van der Waals surface area contributed by atoms with Crippen LogP contribution in [-0.4, -0.2) is 22.1 Å². The molecule has 0 spiro atoms. The van der Waals surface area contributed by atoms with Crippen molar-refractivity contribution in [2.24, 2.45) is 0 Å². The Labute approximate surface area is 131 Å². The summed E-state index contributed by atoms with van der Waals surface area (Å²) in [5, 5.41) is 0.496. The summed E-state index contributed by atoms with van der Waals surface area (Å²) in [6, 6.07) is 6.09. The van der Waals surface area contributed by atoms with E-state index in [-0.39, 0.29) is 16.4 Å². The number of hydrogen-bond acceptors (Lipinski definition) is 3. The molecule has 21 heavy (non-hydrogen) atoms. The summed E-state index contributed by atoms with van der Waals surface area (Å²) in [5.41, 5.74) is 0. The molecule has 1 rings (SSSR count). The van der Waals surface area contributed by atoms with Crippen LogP contribution in [0.5, 0.6) is 0 Å². The molecule has 0 aliphatic rings. The van der Waals surface area contributed by atoms with Gasteiger partial charge in [-0.2, -0.15) is 0 Å². The lowest BCUT2D eigenvalue weighted by atomic mass is 10.2. The van der Waals surface area contributed by atoms with E-state index in [1.54, 1.807) is 18.2 Å². The normalized spacial score (nSPS) is 11.9. The van der Waals surface area contributed by atoms with Gasteiger partial charge >= 0.3 is 0 Å². The quantitative estimate of drug-likeness (QED) is 0.589. The number of hydrogen-bond donors (Lipinski definition) is 0. The van der Waals surface area contributed by atoms with Gasteiger partial charge < -0.3 is 4.74 Å². The van der Waals surface area contributed by atoms with E-state index in [0.717, 1.165) is 12.8 Å². The molecule has 0 saturated heterocycles. The van der Waals surface area contributed by atoms with Gasteiger partial charge in [-0.05, 0) is 30.7 Å². The number of ether oxygens (including phenoxy) is 1. The summed E-state index contributed by atoms with van der Waals surface area (Å²) < 4.78 is 30.0. The van der Waals surface area contributed by atoms with Gasteiger partial charge in [0.05, 0.1) is 4.90 Å². The van der Waals surface area contributed by atoms with Crippen LogP contribution in [0.3, 0.4) is 0 Å². The van der Waals surface area contributed by atoms with Crippen molar-refractivity contribution in [1.29, 1.82) is 0 Å². The van der Waals surface area contributed by atoms with Gasteiger partial charge in [0.25, 0.3) is 0 Å². The Balaban J connectivity index is 3.14. The van der Waals surface area contributed by atoms with E-state index >= 15 is 0 Å². The fourth-order valence-electron chi connectivity index (χ4n) is 1.60. The first kappa shape index (κ1) is 17.8. The minimum atomic E-state index is -3.61. The molecule has 1 aromatic carbocycles. The lowest BCUT2D eigenvalue weighted by Gasteiger charge is -2.04. The third kappa shape index (κ3) is 5.55. The van der Waals surface area contributed by atoms with Gasteiger partial charge in [0.1, 0.15) is 11.5 Å². The van der Waals surface area contributed by atoms with E-state index in [1.807, 2.05) is 0 Å². The third-order valence-electron chi connectivity index (χ3n) is 2.73. The number of benzene rings is 1. The van der Waals surface area contributed by atoms with Crippen molar-refractivity contribution in [3.05, 3.63) is 40.3 Å². The minimum absolute atomic E-state index is 0.121. The van der Waals surface area contributed by atoms with Gasteiger partial charge in [0.15, 0.2) is 0 Å². The highest BCUT2D eigenvalue weighted by Crippen LogP contribution is 2.21. The lowest BCUT2D eigenvalue weighted by molar-refractivity contribution is 0.240. The number of halogens is 1. The van der Waals surface area contributed by atoms with Crippen molar-refractivity contribution in [3.63, 3.8) is 0 Å². The van der Waals surface area contributed by atoms with Crippen molar-refractivity contribution in [1.82, 2.24) is 0 Å². The van der Waals surface area contributed by atoms with Crippen LogP contribution in [-0.2, 0) is 14.6 Å². The van der Waals surface area contributed by atoms with E-state index in [2.05, 4.69) is 18.8 Å². The highest BCUT2D eigenvalue weighted by molar-refractivity contribution is 7.95. The second-order valence-electron chi connectivity index (χ2n) is 4.40. The summed E-state index contributed by atoms with van der Waals surface area (Å²) >= 11 is 5.79. The molecule has 0 radical (unpaired) electrons. The van der Waals surface area contributed by atoms with E-state index in [1.165, 1.54) is 19.2 Å². The van der Waals surface area contributed by atoms with Crippen LogP contribution in [0, 0.1) is 11.8 Å². The van der Waals surface area contributed by atoms with Crippen LogP contribution >= 0.6 is 11.6 Å². The molecule has 3 nitrogen and oxygen atoms in total. The number of methoxy groups -OCH3 is 1. The van der Waals surface area contributed by atoms with Crippen LogP contribution in [0.1, 0.15) is 26.2 Å². The largest absolute Gasteiger partial charge is 0.372 e. The summed E-state index contributed by atoms with van der Waals surface area (Å²) in [6.45, 7) is 2.25. The maximum Gasteiger partial charge on any atom is 0.214 e. The highest BCUT2D eigenvalue weighted by Gasteiger charge is 2.18. The van der Waals surface area contributed by atoms with Crippen molar-refractivity contribution in [2.75, 3.05) is 13.7 Å². The number of rotatable bonds is 6. The zero-order valence-electron chi connectivity index (χ0n) is 12.2. The average molecular weight is 327 g/mol. The number of allylic oxidation sites excluding steroid dienone is 2. The molecule has 1 aromatic rings. The van der Waals surface area contributed by atoms with Crippen LogP contribution in [0.25, 0.3) is 0 Å². The Kier molecular flexibility index (Phi) is 7.52. The van der Waals surface area contributed by atoms with E-state index < -0.39 is 9.84 Å². The predicted molar refractivity (Wildman–Crippen MR) is 85.9 cm³/mol. The Hall–Kier alpha value is -1.28. The van der Waals surface area contributed by atoms with E-state index in [0.29, 0.717) is 11.4 Å². The number of sulfone groups is 1. The third-order valence-corrected chi connectivity index (χ3v) is 4.72. The maximum absolute atomic E-state index is 12.6. The van der Waals surface area contributed by atoms with E-state index in [4.69, 9.17) is 16.3 Å². The first-order valence-electron chi connectivity index (χ1n) is 6.71. The van der Waals surface area contributed by atoms with E-state index in [9.17, 15) is 8.42 Å². The zero-order chi connectivity index (χ0) is 15.7. The summed E-state index contributed by atoms with van der Waals surface area (Å²) in [6.07, 6.45) is 4.28. The monoisotopic (exact) mass is 326 g/mol. The first-order chi connectivity index (χ1) is 10.0. The standard InChI is InChI=1S/C16H19ClO3S/c1-3-4-5-7-15(8-6-13-20-2)21(18,19)16-11-9-14(17)10-12-16/h7,9-12H,3-5,13H2,1-2H3/b15-7-. The second-order valence-corrected chi connectivity index (χ2v) is 6.76. The minimum Gasteiger partial charge on any atom is -0.372 e. The molecular formula is C16H19ClO3S. The molecule has 0 heterocycles. The Morgan fingerprint density at radius 2 is 2.00 bits per heavy atom. The molecule has 5 heteroatoms. The topological polar surface area (TPSA) is 43.4 Å². The smallest absolute Gasteiger partial charge is 0.214 e. The Bertz CT molecular complexity index is 634. The molecule has 0 bridgehead atoms. The Morgan fingerprint density at radius 1 is 1.33 bits per heavy atom. The SMILES string of the molecule is CCCC/C=C(/C#CCOC)S(=O)(=O)c1ccc(Cl)cc1. The van der Waals surface area contributed by atoms with Gasteiger partial charge in [-0.3, -0.25) is 0 Å². The average Bonchev–Trinajstić information content (AvgIpc) is 2.46. The molecule has 0 amide bonds. The predicted octanol–water partition coefficient (Wildman–Crippen LogP) is 3.84.